The van der Waals surface area contributed by atoms with Gasteiger partial charge in [0.2, 0.25) is 11.8 Å². The van der Waals surface area contributed by atoms with Crippen molar-refractivity contribution >= 4 is 71.8 Å². The standard InChI is InChI=1S/2C22H25N3O6.2ClH.3H2O/c2*1-30-18-8-5-16(13-19(18)31-2)21(27)25-11-9-24(10-12-25)14-20(26)23-17-6-3-15(4-7-17)22(28)29;;;;;/h2*3-8,13H,9-12,14H2,1-2H3,(H,23,26)(H,28,29);2*1H;3*1H2. The second-order valence-corrected chi connectivity index (χ2v) is 14.1. The third-order valence-electron chi connectivity index (χ3n) is 10.1. The number of ether oxygens (including phenoxy) is 4. The first-order valence-electron chi connectivity index (χ1n) is 19.6. The molecule has 6 rings (SSSR count). The van der Waals surface area contributed by atoms with Gasteiger partial charge >= 0.3 is 11.9 Å². The highest BCUT2D eigenvalue weighted by Gasteiger charge is 2.26. The zero-order valence-electron chi connectivity index (χ0n) is 37.2. The van der Waals surface area contributed by atoms with E-state index in [-0.39, 0.29) is 89.1 Å². The van der Waals surface area contributed by atoms with E-state index < -0.39 is 11.9 Å². The molecule has 0 aromatic heterocycles. The number of rotatable bonds is 14. The molecule has 0 atom stereocenters. The van der Waals surface area contributed by atoms with Gasteiger partial charge in [0.1, 0.15) is 0 Å². The van der Waals surface area contributed by atoms with E-state index >= 15 is 0 Å². The summed E-state index contributed by atoms with van der Waals surface area (Å²) in [4.78, 5) is 79.4. The van der Waals surface area contributed by atoms with Gasteiger partial charge in [-0.15, -0.1) is 24.8 Å². The lowest BCUT2D eigenvalue weighted by atomic mass is 10.1. The first kappa shape index (κ1) is 60.3. The summed E-state index contributed by atoms with van der Waals surface area (Å²) in [6.45, 7) is 4.71. The van der Waals surface area contributed by atoms with Crippen molar-refractivity contribution < 1.29 is 74.4 Å². The van der Waals surface area contributed by atoms with Crippen LogP contribution < -0.4 is 29.6 Å². The first-order chi connectivity index (χ1) is 29.8. The third kappa shape index (κ3) is 16.9. The van der Waals surface area contributed by atoms with Crippen molar-refractivity contribution in [2.45, 2.75) is 0 Å². The van der Waals surface area contributed by atoms with Crippen molar-refractivity contribution in [2.75, 3.05) is 105 Å². The Morgan fingerprint density at radius 2 is 0.731 bits per heavy atom. The van der Waals surface area contributed by atoms with Gasteiger partial charge in [-0.05, 0) is 84.9 Å². The Hall–Kier alpha value is -6.72. The SMILES string of the molecule is COc1ccc(C(=O)N2CCN(CC(=O)Nc3ccc(C(=O)O)cc3)CC2)cc1OC.COc1ccc(C(=O)N2CCN(CC(=O)Nc3ccc(C(=O)O)cc3)CC2)cc1OC.Cl.Cl.O.O.O. The van der Waals surface area contributed by atoms with Gasteiger partial charge < -0.3 is 66.0 Å². The number of piperazine rings is 2. The van der Waals surface area contributed by atoms with Crippen LogP contribution in [0.5, 0.6) is 23.0 Å². The molecule has 10 N–H and O–H groups in total. The van der Waals surface area contributed by atoms with Crippen molar-refractivity contribution in [3.05, 3.63) is 107 Å². The second kappa shape index (κ2) is 29.0. The van der Waals surface area contributed by atoms with Crippen LogP contribution >= 0.6 is 24.8 Å². The molecule has 2 fully saturated rings. The molecule has 0 bridgehead atoms. The van der Waals surface area contributed by atoms with Gasteiger partial charge in [-0.1, -0.05) is 0 Å². The maximum absolute atomic E-state index is 12.8. The summed E-state index contributed by atoms with van der Waals surface area (Å²) in [5.41, 5.74) is 2.44. The Morgan fingerprint density at radius 1 is 0.448 bits per heavy atom. The normalized spacial score (nSPS) is 13.0. The first-order valence-corrected chi connectivity index (χ1v) is 19.6. The summed E-state index contributed by atoms with van der Waals surface area (Å²) < 4.78 is 20.9. The molecule has 4 aromatic rings. The Labute approximate surface area is 399 Å². The largest absolute Gasteiger partial charge is 0.493 e. The van der Waals surface area contributed by atoms with Crippen LogP contribution in [-0.4, -0.2) is 176 Å². The number of carboxylic acid groups (broad SMARTS) is 2. The third-order valence-corrected chi connectivity index (χ3v) is 10.1. The predicted octanol–water partition coefficient (Wildman–Crippen LogP) is 1.97. The molecule has 0 saturated carbocycles. The Morgan fingerprint density at radius 3 is 1.00 bits per heavy atom. The van der Waals surface area contributed by atoms with Gasteiger partial charge in [0.15, 0.2) is 23.0 Å². The summed E-state index contributed by atoms with van der Waals surface area (Å²) in [6.07, 6.45) is 0. The monoisotopic (exact) mass is 980 g/mol. The molecule has 23 heteroatoms. The van der Waals surface area contributed by atoms with E-state index in [1.54, 1.807) is 84.7 Å². The molecular weight excluding hydrogens is 923 g/mol. The molecule has 2 heterocycles. The fourth-order valence-electron chi connectivity index (χ4n) is 6.72. The number of amides is 4. The van der Waals surface area contributed by atoms with E-state index in [9.17, 15) is 28.8 Å². The van der Waals surface area contributed by atoms with E-state index in [0.717, 1.165) is 0 Å². The number of nitrogens with one attached hydrogen (secondary N) is 2. The number of aromatic carboxylic acids is 2. The van der Waals surface area contributed by atoms with Crippen molar-refractivity contribution in [3.8, 4) is 23.0 Å². The second-order valence-electron chi connectivity index (χ2n) is 14.1. The van der Waals surface area contributed by atoms with E-state index in [1.165, 1.54) is 38.5 Å². The lowest BCUT2D eigenvalue weighted by Crippen LogP contribution is -2.50. The van der Waals surface area contributed by atoms with E-state index in [2.05, 4.69) is 10.6 Å². The number of carboxylic acids is 2. The van der Waals surface area contributed by atoms with Gasteiger partial charge in [0.25, 0.3) is 11.8 Å². The van der Waals surface area contributed by atoms with Gasteiger partial charge in [0.05, 0.1) is 52.7 Å². The number of nitrogens with zero attached hydrogens (tertiary/aromatic N) is 4. The highest BCUT2D eigenvalue weighted by Crippen LogP contribution is 2.29. The average molecular weight is 982 g/mol. The van der Waals surface area contributed by atoms with Crippen LogP contribution in [0.4, 0.5) is 11.4 Å². The summed E-state index contributed by atoms with van der Waals surface area (Å²) >= 11 is 0. The molecule has 67 heavy (non-hydrogen) atoms. The topological polar surface area (TPSA) is 311 Å². The molecule has 0 aliphatic carbocycles. The van der Waals surface area contributed by atoms with E-state index in [1.807, 2.05) is 9.80 Å². The molecule has 21 nitrogen and oxygen atoms in total. The number of carbonyl (C=O) groups excluding carboxylic acids is 4. The highest BCUT2D eigenvalue weighted by molar-refractivity contribution is 5.97. The molecule has 2 saturated heterocycles. The van der Waals surface area contributed by atoms with Gasteiger partial charge in [-0.25, -0.2) is 9.59 Å². The van der Waals surface area contributed by atoms with Crippen molar-refractivity contribution in [1.29, 1.82) is 0 Å². The molecule has 0 radical (unpaired) electrons. The van der Waals surface area contributed by atoms with Crippen molar-refractivity contribution in [1.82, 2.24) is 19.6 Å². The van der Waals surface area contributed by atoms with Crippen LogP contribution in [0, 0.1) is 0 Å². The predicted molar refractivity (Wildman–Crippen MR) is 253 cm³/mol. The fourth-order valence-corrected chi connectivity index (χ4v) is 6.72. The number of carbonyl (C=O) groups is 6. The molecular formula is C44H58Cl2N6O15. The Bertz CT molecular complexity index is 2080. The maximum Gasteiger partial charge on any atom is 0.335 e. The lowest BCUT2D eigenvalue weighted by molar-refractivity contribution is -0.118. The number of methoxy groups -OCH3 is 4. The minimum atomic E-state index is -1.02. The van der Waals surface area contributed by atoms with Crippen LogP contribution in [0.3, 0.4) is 0 Å². The number of hydrogen-bond donors (Lipinski definition) is 4. The zero-order valence-corrected chi connectivity index (χ0v) is 38.9. The Kier molecular flexibility index (Phi) is 26.1. The molecule has 368 valence electrons. The minimum Gasteiger partial charge on any atom is -0.493 e. The van der Waals surface area contributed by atoms with Crippen LogP contribution in [0.15, 0.2) is 84.9 Å². The van der Waals surface area contributed by atoms with Crippen molar-refractivity contribution in [3.63, 3.8) is 0 Å². The Balaban J connectivity index is 0.00000121. The highest BCUT2D eigenvalue weighted by atomic mass is 35.5. The summed E-state index contributed by atoms with van der Waals surface area (Å²) in [5, 5.41) is 23.4. The summed E-state index contributed by atoms with van der Waals surface area (Å²) in [6, 6.07) is 22.1. The van der Waals surface area contributed by atoms with Gasteiger partial charge in [-0.3, -0.25) is 29.0 Å². The van der Waals surface area contributed by atoms with Crippen molar-refractivity contribution in [2.24, 2.45) is 0 Å². The summed E-state index contributed by atoms with van der Waals surface area (Å²) in [5.74, 6) is -0.477. The van der Waals surface area contributed by atoms with Crippen LogP contribution in [0.1, 0.15) is 41.4 Å². The number of anilines is 2. The number of hydrogen-bond acceptors (Lipinski definition) is 12. The van der Waals surface area contributed by atoms with Crippen LogP contribution in [-0.2, 0) is 9.59 Å². The molecule has 4 aromatic carbocycles. The maximum atomic E-state index is 12.8. The van der Waals surface area contributed by atoms with E-state index in [0.29, 0.717) is 97.9 Å². The molecule has 2 aliphatic rings. The number of benzene rings is 4. The molecule has 4 amide bonds. The number of halogens is 2. The zero-order chi connectivity index (χ0) is 44.8. The molecule has 0 spiro atoms. The lowest BCUT2D eigenvalue weighted by Gasteiger charge is -2.34. The molecule has 2 aliphatic heterocycles. The molecule has 0 unspecified atom stereocenters. The van der Waals surface area contributed by atoms with Gasteiger partial charge in [-0.2, -0.15) is 0 Å². The smallest absolute Gasteiger partial charge is 0.335 e. The van der Waals surface area contributed by atoms with Gasteiger partial charge in [0, 0.05) is 74.9 Å². The fraction of sp³-hybridized carbons (Fsp3) is 0.318. The van der Waals surface area contributed by atoms with Crippen LogP contribution in [0.2, 0.25) is 0 Å². The minimum absolute atomic E-state index is 0. The quantitative estimate of drug-likeness (QED) is 0.141. The average Bonchev–Trinajstić information content (AvgIpc) is 3.29. The van der Waals surface area contributed by atoms with Crippen LogP contribution in [0.25, 0.3) is 0 Å². The summed E-state index contributed by atoms with van der Waals surface area (Å²) in [7, 11) is 6.13. The van der Waals surface area contributed by atoms with E-state index in [4.69, 9.17) is 29.2 Å².